The molecule has 0 aliphatic rings. The Morgan fingerprint density at radius 3 is 2.75 bits per heavy atom. The van der Waals surface area contributed by atoms with Gasteiger partial charge in [-0.3, -0.25) is 10.1 Å². The Hall–Kier alpha value is -1.99. The van der Waals surface area contributed by atoms with Crippen molar-refractivity contribution in [3.05, 3.63) is 61.8 Å². The highest BCUT2D eigenvalue weighted by Crippen LogP contribution is 2.26. The maximum atomic E-state index is 11.9. The molecule has 0 radical (unpaired) electrons. The first-order valence-electron chi connectivity index (χ1n) is 5.25. The molecule has 0 bridgehead atoms. The topological polar surface area (TPSA) is 82.3 Å². The molecule has 1 heterocycles. The Morgan fingerprint density at radius 2 is 2.15 bits per heavy atom. The molecule has 0 fully saturated rings. The average molecular weight is 358 g/mol. The Labute approximate surface area is 126 Å². The second-order valence-corrected chi connectivity index (χ2v) is 4.76. The number of aromatic nitrogens is 1. The standard InChI is InChI=1S/C12H6BrClN2O4/c13-11-10(2-1-5-15-11)20-12(17)8-4-3-7(16(18)19)6-9(8)14/h1-6H. The molecule has 0 unspecified atom stereocenters. The molecule has 0 aliphatic carbocycles. The number of nitrogens with zero attached hydrogens (tertiary/aromatic N) is 2. The van der Waals surface area contributed by atoms with E-state index in [-0.39, 0.29) is 22.0 Å². The summed E-state index contributed by atoms with van der Waals surface area (Å²) >= 11 is 8.98. The number of nitro groups is 1. The van der Waals surface area contributed by atoms with Crippen LogP contribution in [0.3, 0.4) is 0 Å². The van der Waals surface area contributed by atoms with Gasteiger partial charge in [0.15, 0.2) is 5.75 Å². The van der Waals surface area contributed by atoms with E-state index in [1.54, 1.807) is 12.1 Å². The van der Waals surface area contributed by atoms with E-state index in [4.69, 9.17) is 16.3 Å². The summed E-state index contributed by atoms with van der Waals surface area (Å²) in [4.78, 5) is 25.8. The smallest absolute Gasteiger partial charge is 0.345 e. The lowest BCUT2D eigenvalue weighted by Crippen LogP contribution is -2.10. The second-order valence-electron chi connectivity index (χ2n) is 3.60. The van der Waals surface area contributed by atoms with Crippen molar-refractivity contribution in [3.63, 3.8) is 0 Å². The van der Waals surface area contributed by atoms with E-state index in [0.29, 0.717) is 4.60 Å². The van der Waals surface area contributed by atoms with Crippen LogP contribution in [0, 0.1) is 10.1 Å². The maximum Gasteiger partial charge on any atom is 0.345 e. The van der Waals surface area contributed by atoms with Crippen LogP contribution in [-0.2, 0) is 0 Å². The summed E-state index contributed by atoms with van der Waals surface area (Å²) in [6.07, 6.45) is 1.53. The molecule has 0 amide bonds. The first-order chi connectivity index (χ1) is 9.49. The number of non-ortho nitro benzene ring substituents is 1. The van der Waals surface area contributed by atoms with E-state index in [1.165, 1.54) is 18.3 Å². The number of halogens is 2. The quantitative estimate of drug-likeness (QED) is 0.362. The van der Waals surface area contributed by atoms with Crippen LogP contribution in [0.2, 0.25) is 5.02 Å². The van der Waals surface area contributed by atoms with Crippen LogP contribution in [0.5, 0.6) is 5.75 Å². The van der Waals surface area contributed by atoms with Gasteiger partial charge in [-0.1, -0.05) is 11.6 Å². The molecule has 1 aromatic carbocycles. The number of carbonyl (C=O) groups is 1. The average Bonchev–Trinajstić information content (AvgIpc) is 2.41. The molecule has 2 rings (SSSR count). The first kappa shape index (κ1) is 14.4. The summed E-state index contributed by atoms with van der Waals surface area (Å²) in [5, 5.41) is 10.5. The Kier molecular flexibility index (Phi) is 4.31. The monoisotopic (exact) mass is 356 g/mol. The number of hydrogen-bond donors (Lipinski definition) is 0. The highest BCUT2D eigenvalue weighted by atomic mass is 79.9. The molecule has 2 aromatic rings. The van der Waals surface area contributed by atoms with Gasteiger partial charge in [0.2, 0.25) is 0 Å². The van der Waals surface area contributed by atoms with Gasteiger partial charge in [0, 0.05) is 18.3 Å². The summed E-state index contributed by atoms with van der Waals surface area (Å²) in [7, 11) is 0. The van der Waals surface area contributed by atoms with Gasteiger partial charge in [0.05, 0.1) is 15.5 Å². The molecular weight excluding hydrogens is 351 g/mol. The zero-order chi connectivity index (χ0) is 14.7. The highest BCUT2D eigenvalue weighted by Gasteiger charge is 2.17. The molecule has 0 saturated carbocycles. The van der Waals surface area contributed by atoms with Gasteiger partial charge < -0.3 is 4.74 Å². The molecule has 20 heavy (non-hydrogen) atoms. The van der Waals surface area contributed by atoms with Crippen LogP contribution in [-0.4, -0.2) is 15.9 Å². The van der Waals surface area contributed by atoms with Crippen LogP contribution in [0.4, 0.5) is 5.69 Å². The number of rotatable bonds is 3. The fourth-order valence-corrected chi connectivity index (χ4v) is 1.97. The first-order valence-corrected chi connectivity index (χ1v) is 6.43. The summed E-state index contributed by atoms with van der Waals surface area (Å²) in [6.45, 7) is 0. The van der Waals surface area contributed by atoms with E-state index in [2.05, 4.69) is 20.9 Å². The second kappa shape index (κ2) is 5.98. The normalized spacial score (nSPS) is 10.1. The zero-order valence-corrected chi connectivity index (χ0v) is 12.1. The third-order valence-corrected chi connectivity index (χ3v) is 3.22. The van der Waals surface area contributed by atoms with Gasteiger partial charge in [-0.05, 0) is 34.1 Å². The summed E-state index contributed by atoms with van der Waals surface area (Å²) in [5.41, 5.74) is -0.165. The van der Waals surface area contributed by atoms with Gasteiger partial charge in [0.25, 0.3) is 5.69 Å². The molecule has 0 aliphatic heterocycles. The van der Waals surface area contributed by atoms with E-state index in [9.17, 15) is 14.9 Å². The van der Waals surface area contributed by atoms with Crippen molar-refractivity contribution in [2.24, 2.45) is 0 Å². The minimum atomic E-state index is -0.724. The third-order valence-electron chi connectivity index (χ3n) is 2.31. The van der Waals surface area contributed by atoms with Crippen LogP contribution >= 0.6 is 27.5 Å². The number of ether oxygens (including phenoxy) is 1. The van der Waals surface area contributed by atoms with Crippen molar-refractivity contribution < 1.29 is 14.5 Å². The van der Waals surface area contributed by atoms with Crippen molar-refractivity contribution in [1.82, 2.24) is 4.98 Å². The van der Waals surface area contributed by atoms with E-state index >= 15 is 0 Å². The SMILES string of the molecule is O=C(Oc1cccnc1Br)c1ccc([N+](=O)[O-])cc1Cl. The van der Waals surface area contributed by atoms with Crippen LogP contribution in [0.15, 0.2) is 41.1 Å². The van der Waals surface area contributed by atoms with E-state index in [0.717, 1.165) is 6.07 Å². The van der Waals surface area contributed by atoms with Crippen LogP contribution < -0.4 is 4.74 Å². The number of hydrogen-bond acceptors (Lipinski definition) is 5. The Bertz CT molecular complexity index is 693. The lowest BCUT2D eigenvalue weighted by atomic mass is 10.2. The molecule has 1 aromatic heterocycles. The van der Waals surface area contributed by atoms with E-state index in [1.807, 2.05) is 0 Å². The summed E-state index contributed by atoms with van der Waals surface area (Å²) in [5.74, 6) is -0.495. The fourth-order valence-electron chi connectivity index (χ4n) is 1.39. The van der Waals surface area contributed by atoms with Gasteiger partial charge in [0.1, 0.15) is 4.60 Å². The van der Waals surface area contributed by atoms with Crippen molar-refractivity contribution in [2.45, 2.75) is 0 Å². The lowest BCUT2D eigenvalue weighted by molar-refractivity contribution is -0.384. The van der Waals surface area contributed by atoms with Gasteiger partial charge >= 0.3 is 5.97 Å². The number of pyridine rings is 1. The number of nitro benzene ring substituents is 1. The predicted molar refractivity (Wildman–Crippen MR) is 75.0 cm³/mol. The molecule has 0 atom stereocenters. The number of carbonyl (C=O) groups excluding carboxylic acids is 1. The van der Waals surface area contributed by atoms with E-state index < -0.39 is 10.9 Å². The molecule has 0 spiro atoms. The molecule has 102 valence electrons. The minimum absolute atomic E-state index is 0.0352. The Morgan fingerprint density at radius 1 is 1.40 bits per heavy atom. The summed E-state index contributed by atoms with van der Waals surface area (Å²) < 4.78 is 5.48. The van der Waals surface area contributed by atoms with Crippen molar-refractivity contribution in [3.8, 4) is 5.75 Å². The predicted octanol–water partition coefficient (Wildman–Crippen LogP) is 3.62. The van der Waals surface area contributed by atoms with Crippen molar-refractivity contribution >= 4 is 39.2 Å². The van der Waals surface area contributed by atoms with Crippen molar-refractivity contribution in [1.29, 1.82) is 0 Å². The third kappa shape index (κ3) is 3.12. The molecule has 8 heteroatoms. The fraction of sp³-hybridized carbons (Fsp3) is 0. The molecule has 0 N–H and O–H groups in total. The van der Waals surface area contributed by atoms with Gasteiger partial charge in [-0.2, -0.15) is 0 Å². The lowest BCUT2D eigenvalue weighted by Gasteiger charge is -2.06. The number of esters is 1. The Balaban J connectivity index is 2.26. The van der Waals surface area contributed by atoms with Gasteiger partial charge in [-0.25, -0.2) is 9.78 Å². The molecule has 0 saturated heterocycles. The van der Waals surface area contributed by atoms with Crippen LogP contribution in [0.25, 0.3) is 0 Å². The molecular formula is C12H6BrClN2O4. The largest absolute Gasteiger partial charge is 0.420 e. The highest BCUT2D eigenvalue weighted by molar-refractivity contribution is 9.10. The zero-order valence-electron chi connectivity index (χ0n) is 9.75. The summed E-state index contributed by atoms with van der Waals surface area (Å²) in [6, 6.07) is 6.67. The van der Waals surface area contributed by atoms with Crippen molar-refractivity contribution in [2.75, 3.05) is 0 Å². The number of benzene rings is 1. The van der Waals surface area contributed by atoms with Crippen LogP contribution in [0.1, 0.15) is 10.4 Å². The minimum Gasteiger partial charge on any atom is -0.420 e. The molecule has 6 nitrogen and oxygen atoms in total. The van der Waals surface area contributed by atoms with Gasteiger partial charge in [-0.15, -0.1) is 0 Å². The maximum absolute atomic E-state index is 11.9.